The van der Waals surface area contributed by atoms with Crippen molar-refractivity contribution in [2.45, 2.75) is 103 Å². The van der Waals surface area contributed by atoms with Crippen LogP contribution in [-0.4, -0.2) is 24.2 Å². The average Bonchev–Trinajstić information content (AvgIpc) is 3.40. The summed E-state index contributed by atoms with van der Waals surface area (Å²) in [6.07, 6.45) is 17.5. The van der Waals surface area contributed by atoms with E-state index < -0.39 is 0 Å². The van der Waals surface area contributed by atoms with Gasteiger partial charge in [0.15, 0.2) is 12.0 Å². The summed E-state index contributed by atoms with van der Waals surface area (Å²) in [6, 6.07) is 13.6. The zero-order valence-corrected chi connectivity index (χ0v) is 22.9. The molecule has 0 saturated heterocycles. The minimum absolute atomic E-state index is 0.165. The van der Waals surface area contributed by atoms with E-state index in [4.69, 9.17) is 13.9 Å². The van der Waals surface area contributed by atoms with Gasteiger partial charge in [-0.15, -0.1) is 0 Å². The minimum Gasteiger partial charge on any atom is -0.494 e. The molecule has 1 atom stereocenters. The predicted octanol–water partition coefficient (Wildman–Crippen LogP) is 9.26. The van der Waals surface area contributed by atoms with E-state index in [2.05, 4.69) is 43.1 Å². The lowest BCUT2D eigenvalue weighted by molar-refractivity contribution is 0.0474. The van der Waals surface area contributed by atoms with Crippen molar-refractivity contribution in [1.29, 1.82) is 0 Å². The molecule has 0 fully saturated rings. The van der Waals surface area contributed by atoms with E-state index in [1.165, 1.54) is 76.2 Å². The van der Waals surface area contributed by atoms with Crippen LogP contribution in [0.25, 0.3) is 11.1 Å². The lowest BCUT2D eigenvalue weighted by Gasteiger charge is -2.18. The molecule has 0 spiro atoms. The van der Waals surface area contributed by atoms with Crippen LogP contribution in [0.15, 0.2) is 53.3 Å². The van der Waals surface area contributed by atoms with Crippen LogP contribution in [0.1, 0.15) is 119 Å². The summed E-state index contributed by atoms with van der Waals surface area (Å²) in [6.45, 7) is 5.61. The fourth-order valence-corrected chi connectivity index (χ4v) is 4.67. The summed E-state index contributed by atoms with van der Waals surface area (Å²) in [7, 11) is 0. The smallest absolute Gasteiger partial charge is 0.338 e. The first kappa shape index (κ1) is 28.7. The molecule has 3 rings (SSSR count). The molecule has 37 heavy (non-hydrogen) atoms. The van der Waals surface area contributed by atoms with Crippen LogP contribution in [0.5, 0.6) is 5.75 Å². The zero-order valence-electron chi connectivity index (χ0n) is 22.9. The number of ether oxygens (including phenoxy) is 2. The van der Waals surface area contributed by atoms with Gasteiger partial charge >= 0.3 is 5.97 Å². The van der Waals surface area contributed by atoms with Crippen LogP contribution in [0.3, 0.4) is 0 Å². The van der Waals surface area contributed by atoms with Gasteiger partial charge < -0.3 is 13.9 Å². The largest absolute Gasteiger partial charge is 0.494 e. The first-order valence-electron chi connectivity index (χ1n) is 14.4. The molecule has 0 radical (unpaired) electrons. The monoisotopic (exact) mass is 507 g/mol. The zero-order chi connectivity index (χ0) is 26.1. The first-order chi connectivity index (χ1) is 18.2. The van der Waals surface area contributed by atoms with E-state index in [0.29, 0.717) is 23.3 Å². The number of carbonyl (C=O) groups is 1. The van der Waals surface area contributed by atoms with Gasteiger partial charge in [0.25, 0.3) is 0 Å². The van der Waals surface area contributed by atoms with Crippen molar-refractivity contribution >= 4 is 17.1 Å². The van der Waals surface area contributed by atoms with Crippen LogP contribution in [-0.2, 0) is 4.74 Å². The lowest BCUT2D eigenvalue weighted by Crippen LogP contribution is -2.13. The standard InChI is InChI=1S/C32H45NO4/c1-3-5-7-9-10-11-12-14-22-35-29-19-16-26(17-20-29)28(15-13-8-6-4-2)24-36-32(34)27-18-21-31-30(23-27)33-25-37-31/h16-21,23,25,28H,3-15,22,24H2,1-2H3. The molecule has 202 valence electrons. The van der Waals surface area contributed by atoms with Crippen LogP contribution in [0.2, 0.25) is 0 Å². The normalized spacial score (nSPS) is 12.1. The molecule has 1 unspecified atom stereocenters. The number of oxazole rings is 1. The Morgan fingerprint density at radius 3 is 2.24 bits per heavy atom. The van der Waals surface area contributed by atoms with E-state index in [1.54, 1.807) is 18.2 Å². The number of aromatic nitrogens is 1. The molecule has 5 nitrogen and oxygen atoms in total. The van der Waals surface area contributed by atoms with Gasteiger partial charge in [-0.25, -0.2) is 9.78 Å². The number of hydrogen-bond donors (Lipinski definition) is 0. The molecule has 1 aromatic heterocycles. The Bertz CT molecular complexity index is 1030. The van der Waals surface area contributed by atoms with Crippen molar-refractivity contribution in [3.63, 3.8) is 0 Å². The summed E-state index contributed by atoms with van der Waals surface area (Å²) in [5.74, 6) is 0.751. The van der Waals surface area contributed by atoms with Gasteiger partial charge in [-0.1, -0.05) is 96.6 Å². The summed E-state index contributed by atoms with van der Waals surface area (Å²) in [4.78, 5) is 16.9. The van der Waals surface area contributed by atoms with E-state index in [1.807, 2.05) is 0 Å². The second-order valence-corrected chi connectivity index (χ2v) is 10.1. The summed E-state index contributed by atoms with van der Waals surface area (Å²) in [5, 5.41) is 0. The third-order valence-electron chi connectivity index (χ3n) is 7.01. The molecule has 0 amide bonds. The SMILES string of the molecule is CCCCCCCCCCOc1ccc(C(CCCCCC)COC(=O)c2ccc3ocnc3c2)cc1. The van der Waals surface area contributed by atoms with Gasteiger partial charge in [0.05, 0.1) is 18.8 Å². The van der Waals surface area contributed by atoms with Gasteiger partial charge in [-0.2, -0.15) is 0 Å². The molecule has 0 saturated carbocycles. The quantitative estimate of drug-likeness (QED) is 0.119. The number of nitrogens with zero attached hydrogens (tertiary/aromatic N) is 1. The Balaban J connectivity index is 1.47. The van der Waals surface area contributed by atoms with Crippen molar-refractivity contribution in [3.8, 4) is 5.75 Å². The highest BCUT2D eigenvalue weighted by Crippen LogP contribution is 2.26. The molecule has 3 aromatic rings. The predicted molar refractivity (Wildman–Crippen MR) is 150 cm³/mol. The summed E-state index contributed by atoms with van der Waals surface area (Å²) >= 11 is 0. The van der Waals surface area contributed by atoms with Gasteiger partial charge in [0, 0.05) is 5.92 Å². The summed E-state index contributed by atoms with van der Waals surface area (Å²) in [5.41, 5.74) is 3.01. The van der Waals surface area contributed by atoms with Crippen molar-refractivity contribution in [2.75, 3.05) is 13.2 Å². The Labute approximate surface area is 223 Å². The molecular weight excluding hydrogens is 462 g/mol. The van der Waals surface area contributed by atoms with Crippen LogP contribution in [0, 0.1) is 0 Å². The molecule has 0 N–H and O–H groups in total. The van der Waals surface area contributed by atoms with Gasteiger partial charge in [0.2, 0.25) is 0 Å². The van der Waals surface area contributed by atoms with Crippen molar-refractivity contribution in [2.24, 2.45) is 0 Å². The number of fused-ring (bicyclic) bond motifs is 1. The third kappa shape index (κ3) is 10.2. The molecule has 0 aliphatic rings. The fourth-order valence-electron chi connectivity index (χ4n) is 4.67. The molecule has 1 heterocycles. The number of esters is 1. The van der Waals surface area contributed by atoms with Crippen molar-refractivity contribution < 1.29 is 18.7 Å². The molecule has 0 aliphatic carbocycles. The maximum atomic E-state index is 12.7. The van der Waals surface area contributed by atoms with E-state index >= 15 is 0 Å². The van der Waals surface area contributed by atoms with Crippen LogP contribution < -0.4 is 4.74 Å². The topological polar surface area (TPSA) is 61.6 Å². The third-order valence-corrected chi connectivity index (χ3v) is 7.01. The van der Waals surface area contributed by atoms with E-state index in [0.717, 1.165) is 31.6 Å². The molecule has 0 bridgehead atoms. The number of rotatable bonds is 19. The maximum Gasteiger partial charge on any atom is 0.338 e. The molecule has 2 aromatic carbocycles. The second-order valence-electron chi connectivity index (χ2n) is 10.1. The fraction of sp³-hybridized carbons (Fsp3) is 0.562. The van der Waals surface area contributed by atoms with E-state index in [9.17, 15) is 4.79 Å². The summed E-state index contributed by atoms with van der Waals surface area (Å²) < 4.78 is 17.0. The molecule has 0 aliphatic heterocycles. The van der Waals surface area contributed by atoms with Crippen molar-refractivity contribution in [1.82, 2.24) is 4.98 Å². The second kappa shape index (κ2) is 16.8. The van der Waals surface area contributed by atoms with Gasteiger partial charge in [-0.3, -0.25) is 0 Å². The average molecular weight is 508 g/mol. The number of hydrogen-bond acceptors (Lipinski definition) is 5. The minimum atomic E-state index is -0.325. The number of unbranched alkanes of at least 4 members (excludes halogenated alkanes) is 10. The van der Waals surface area contributed by atoms with E-state index in [-0.39, 0.29) is 11.9 Å². The highest BCUT2D eigenvalue weighted by molar-refractivity contribution is 5.93. The number of benzene rings is 2. The Hall–Kier alpha value is -2.82. The first-order valence-corrected chi connectivity index (χ1v) is 14.4. The Morgan fingerprint density at radius 2 is 1.51 bits per heavy atom. The highest BCUT2D eigenvalue weighted by Gasteiger charge is 2.16. The lowest BCUT2D eigenvalue weighted by atomic mass is 9.93. The highest BCUT2D eigenvalue weighted by atomic mass is 16.5. The van der Waals surface area contributed by atoms with Crippen LogP contribution in [0.4, 0.5) is 0 Å². The molecular formula is C32H45NO4. The molecule has 5 heteroatoms. The Kier molecular flexibility index (Phi) is 13.1. The van der Waals surface area contributed by atoms with Gasteiger partial charge in [-0.05, 0) is 48.7 Å². The Morgan fingerprint density at radius 1 is 0.838 bits per heavy atom. The number of carbonyl (C=O) groups excluding carboxylic acids is 1. The van der Waals surface area contributed by atoms with Crippen molar-refractivity contribution in [3.05, 3.63) is 60.0 Å². The van der Waals surface area contributed by atoms with Gasteiger partial charge in [0.1, 0.15) is 11.3 Å². The van der Waals surface area contributed by atoms with Crippen LogP contribution >= 0.6 is 0 Å². The maximum absolute atomic E-state index is 12.7.